The Balaban J connectivity index is 1.80. The number of rotatable bonds is 2. The van der Waals surface area contributed by atoms with Crippen LogP contribution in [0.5, 0.6) is 0 Å². The van der Waals surface area contributed by atoms with E-state index < -0.39 is 0 Å². The van der Waals surface area contributed by atoms with Gasteiger partial charge in [0.15, 0.2) is 0 Å². The van der Waals surface area contributed by atoms with E-state index in [2.05, 4.69) is 32.0 Å². The van der Waals surface area contributed by atoms with Crippen LogP contribution in [-0.4, -0.2) is 9.97 Å². The van der Waals surface area contributed by atoms with Gasteiger partial charge in [-0.2, -0.15) is 0 Å². The van der Waals surface area contributed by atoms with Crippen LogP contribution in [0.3, 0.4) is 0 Å². The fourth-order valence-corrected chi connectivity index (χ4v) is 4.84. The zero-order valence-corrected chi connectivity index (χ0v) is 13.6. The molecular weight excluding hydrogens is 350 g/mol. The van der Waals surface area contributed by atoms with E-state index in [1.165, 1.54) is 34.6 Å². The molecule has 3 aromatic rings. The average Bonchev–Trinajstić information content (AvgIpc) is 3.09. The number of aromatic amines is 2. The monoisotopic (exact) mass is 363 g/mol. The second-order valence-corrected chi connectivity index (χ2v) is 7.45. The van der Waals surface area contributed by atoms with Crippen molar-refractivity contribution in [1.29, 1.82) is 0 Å². The van der Waals surface area contributed by atoms with Crippen molar-refractivity contribution < 1.29 is 0 Å². The average molecular weight is 364 g/mol. The summed E-state index contributed by atoms with van der Waals surface area (Å²) >= 11 is 5.39. The molecule has 1 unspecified atom stereocenters. The van der Waals surface area contributed by atoms with Crippen LogP contribution in [0.4, 0.5) is 0 Å². The zero-order valence-electron chi connectivity index (χ0n) is 11.2. The number of nitrogens with one attached hydrogen (secondary N) is 2. The summed E-state index contributed by atoms with van der Waals surface area (Å²) in [6.07, 6.45) is 3.61. The van der Waals surface area contributed by atoms with Crippen molar-refractivity contribution >= 4 is 38.3 Å². The molecule has 0 aliphatic heterocycles. The number of H-pyrrole nitrogens is 2. The van der Waals surface area contributed by atoms with Crippen LogP contribution in [0.15, 0.2) is 27.5 Å². The van der Waals surface area contributed by atoms with E-state index in [9.17, 15) is 4.79 Å². The molecule has 2 heterocycles. The molecule has 1 atom stereocenters. The molecule has 0 spiro atoms. The van der Waals surface area contributed by atoms with Gasteiger partial charge < -0.3 is 15.7 Å². The summed E-state index contributed by atoms with van der Waals surface area (Å²) in [7, 11) is 0. The molecular formula is C15H14BrN3OS. The Kier molecular flexibility index (Phi) is 3.06. The molecule has 0 bridgehead atoms. The number of hydrogen-bond donors (Lipinski definition) is 3. The lowest BCUT2D eigenvalue weighted by molar-refractivity contribution is 0.878. The Labute approximate surface area is 133 Å². The van der Waals surface area contributed by atoms with Crippen LogP contribution in [0.2, 0.25) is 0 Å². The first-order valence-electron chi connectivity index (χ1n) is 6.90. The van der Waals surface area contributed by atoms with Gasteiger partial charge in [-0.1, -0.05) is 15.9 Å². The minimum absolute atomic E-state index is 0.169. The summed E-state index contributed by atoms with van der Waals surface area (Å²) in [4.78, 5) is 19.6. The van der Waals surface area contributed by atoms with E-state index in [0.29, 0.717) is 0 Å². The first-order valence-corrected chi connectivity index (χ1v) is 8.51. The Hall–Kier alpha value is -1.37. The molecule has 0 saturated heterocycles. The number of fused-ring (bicyclic) bond motifs is 2. The summed E-state index contributed by atoms with van der Waals surface area (Å²) in [6.45, 7) is 0. The summed E-state index contributed by atoms with van der Waals surface area (Å²) in [5.41, 5.74) is 10.3. The molecule has 4 rings (SSSR count). The minimum atomic E-state index is -0.197. The van der Waals surface area contributed by atoms with E-state index in [1.54, 1.807) is 0 Å². The van der Waals surface area contributed by atoms with Gasteiger partial charge in [0.1, 0.15) is 0 Å². The van der Waals surface area contributed by atoms with Crippen molar-refractivity contribution in [1.82, 2.24) is 9.97 Å². The molecule has 0 fully saturated rings. The van der Waals surface area contributed by atoms with E-state index in [0.717, 1.165) is 21.1 Å². The second-order valence-electron chi connectivity index (χ2n) is 5.43. The van der Waals surface area contributed by atoms with Crippen LogP contribution in [0.25, 0.3) is 11.0 Å². The molecule has 0 radical (unpaired) electrons. The maximum Gasteiger partial charge on any atom is 0.323 e. The maximum absolute atomic E-state index is 11.4. The molecule has 4 N–H and O–H groups in total. The minimum Gasteiger partial charge on any atom is -0.320 e. The first-order chi connectivity index (χ1) is 10.1. The van der Waals surface area contributed by atoms with Crippen molar-refractivity contribution in [3.8, 4) is 0 Å². The molecule has 21 heavy (non-hydrogen) atoms. The predicted octanol–water partition coefficient (Wildman–Crippen LogP) is 3.22. The SMILES string of the molecule is NC(c1cc2c(s1)CCC2)c1cc2[nH]c(=O)[nH]c2cc1Br. The topological polar surface area (TPSA) is 74.7 Å². The number of aromatic nitrogens is 2. The molecule has 1 aromatic carbocycles. The molecule has 108 valence electrons. The third-order valence-corrected chi connectivity index (χ3v) is 6.05. The number of hydrogen-bond acceptors (Lipinski definition) is 3. The molecule has 0 saturated carbocycles. The van der Waals surface area contributed by atoms with Gasteiger partial charge in [0.2, 0.25) is 0 Å². The van der Waals surface area contributed by atoms with Gasteiger partial charge in [-0.3, -0.25) is 0 Å². The quantitative estimate of drug-likeness (QED) is 0.653. The number of thiophene rings is 1. The van der Waals surface area contributed by atoms with Crippen LogP contribution in [0, 0.1) is 0 Å². The Morgan fingerprint density at radius 3 is 2.71 bits per heavy atom. The Morgan fingerprint density at radius 2 is 1.95 bits per heavy atom. The molecule has 1 aliphatic rings. The van der Waals surface area contributed by atoms with E-state index in [4.69, 9.17) is 5.73 Å². The standard InChI is InChI=1S/C15H14BrN3OS/c16-9-6-11-10(18-15(20)19-11)5-8(9)14(17)13-4-7-2-1-3-12(7)21-13/h4-6,14H,1-3,17H2,(H2,18,19,20). The molecule has 0 amide bonds. The lowest BCUT2D eigenvalue weighted by Gasteiger charge is -2.12. The largest absolute Gasteiger partial charge is 0.323 e. The number of aryl methyl sites for hydroxylation is 2. The lowest BCUT2D eigenvalue weighted by atomic mass is 10.0. The summed E-state index contributed by atoms with van der Waals surface area (Å²) in [5, 5.41) is 0. The third-order valence-electron chi connectivity index (χ3n) is 4.04. The molecule has 1 aliphatic carbocycles. The van der Waals surface area contributed by atoms with Gasteiger partial charge in [0, 0.05) is 14.2 Å². The van der Waals surface area contributed by atoms with Crippen molar-refractivity contribution in [3.63, 3.8) is 0 Å². The highest BCUT2D eigenvalue weighted by atomic mass is 79.9. The molecule has 6 heteroatoms. The van der Waals surface area contributed by atoms with Gasteiger partial charge in [0.25, 0.3) is 0 Å². The van der Waals surface area contributed by atoms with Crippen LogP contribution in [-0.2, 0) is 12.8 Å². The zero-order chi connectivity index (χ0) is 14.6. The fourth-order valence-electron chi connectivity index (χ4n) is 2.97. The summed E-state index contributed by atoms with van der Waals surface area (Å²) in [5.74, 6) is 0. The number of nitrogens with two attached hydrogens (primary N) is 1. The number of benzene rings is 1. The van der Waals surface area contributed by atoms with E-state index in [-0.39, 0.29) is 11.7 Å². The Bertz CT molecular complexity index is 871. The smallest absolute Gasteiger partial charge is 0.320 e. The van der Waals surface area contributed by atoms with Crippen molar-refractivity contribution in [3.05, 3.63) is 54.0 Å². The Morgan fingerprint density at radius 1 is 1.19 bits per heavy atom. The van der Waals surface area contributed by atoms with Gasteiger partial charge in [0.05, 0.1) is 17.1 Å². The van der Waals surface area contributed by atoms with Gasteiger partial charge >= 0.3 is 5.69 Å². The van der Waals surface area contributed by atoms with Crippen LogP contribution < -0.4 is 11.4 Å². The van der Waals surface area contributed by atoms with Crippen LogP contribution in [0.1, 0.15) is 33.3 Å². The van der Waals surface area contributed by atoms with E-state index >= 15 is 0 Å². The van der Waals surface area contributed by atoms with Crippen molar-refractivity contribution in [2.75, 3.05) is 0 Å². The van der Waals surface area contributed by atoms with Crippen LogP contribution >= 0.6 is 27.3 Å². The van der Waals surface area contributed by atoms with Gasteiger partial charge in [-0.25, -0.2) is 4.79 Å². The van der Waals surface area contributed by atoms with Crippen molar-refractivity contribution in [2.24, 2.45) is 5.73 Å². The third kappa shape index (κ3) is 2.18. The highest BCUT2D eigenvalue weighted by Gasteiger charge is 2.21. The van der Waals surface area contributed by atoms with E-state index in [1.807, 2.05) is 23.5 Å². The predicted molar refractivity (Wildman–Crippen MR) is 89.0 cm³/mol. The highest BCUT2D eigenvalue weighted by molar-refractivity contribution is 9.10. The molecule has 4 nitrogen and oxygen atoms in total. The highest BCUT2D eigenvalue weighted by Crippen LogP contribution is 2.37. The fraction of sp³-hybridized carbons (Fsp3) is 0.267. The van der Waals surface area contributed by atoms with Crippen molar-refractivity contribution in [2.45, 2.75) is 25.3 Å². The number of imidazole rings is 1. The maximum atomic E-state index is 11.4. The first kappa shape index (κ1) is 13.3. The second kappa shape index (κ2) is 4.83. The lowest BCUT2D eigenvalue weighted by Crippen LogP contribution is -2.11. The molecule has 2 aromatic heterocycles. The summed E-state index contributed by atoms with van der Waals surface area (Å²) in [6, 6.07) is 5.93. The van der Waals surface area contributed by atoms with Gasteiger partial charge in [-0.05, 0) is 48.6 Å². The number of halogens is 1. The summed E-state index contributed by atoms with van der Waals surface area (Å²) < 4.78 is 0.923. The van der Waals surface area contributed by atoms with Gasteiger partial charge in [-0.15, -0.1) is 11.3 Å². The normalized spacial score (nSPS) is 15.5.